The van der Waals surface area contributed by atoms with Crippen molar-refractivity contribution in [3.05, 3.63) is 45.2 Å². The molecule has 30 heavy (non-hydrogen) atoms. The van der Waals surface area contributed by atoms with Crippen LogP contribution in [0.1, 0.15) is 27.9 Å². The summed E-state index contributed by atoms with van der Waals surface area (Å²) in [6, 6.07) is 7.65. The molecule has 0 bridgehead atoms. The van der Waals surface area contributed by atoms with Crippen molar-refractivity contribution in [1.82, 2.24) is 14.9 Å². The van der Waals surface area contributed by atoms with Gasteiger partial charge in [-0.3, -0.25) is 4.90 Å². The van der Waals surface area contributed by atoms with Gasteiger partial charge >= 0.3 is 0 Å². The second kappa shape index (κ2) is 9.66. The highest BCUT2D eigenvalue weighted by atomic mass is 35.5. The highest BCUT2D eigenvalue weighted by molar-refractivity contribution is 6.30. The van der Waals surface area contributed by atoms with Crippen molar-refractivity contribution in [3.63, 3.8) is 0 Å². The van der Waals surface area contributed by atoms with Crippen LogP contribution in [0.2, 0.25) is 5.15 Å². The molecule has 0 aliphatic carbocycles. The van der Waals surface area contributed by atoms with Gasteiger partial charge in [-0.25, -0.2) is 18.7 Å². The number of hydrogen-bond donors (Lipinski definition) is 1. The Hall–Kier alpha value is -3.01. The number of ether oxygens (including phenoxy) is 1. The van der Waals surface area contributed by atoms with Gasteiger partial charge < -0.3 is 10.1 Å². The Bertz CT molecular complexity index is 1020. The summed E-state index contributed by atoms with van der Waals surface area (Å²) in [7, 11) is 0. The molecule has 2 aromatic heterocycles. The van der Waals surface area contributed by atoms with Crippen molar-refractivity contribution in [2.75, 3.05) is 25.0 Å². The molecule has 0 atom stereocenters. The first-order valence-corrected chi connectivity index (χ1v) is 9.62. The second-order valence-corrected chi connectivity index (χ2v) is 7.18. The largest absolute Gasteiger partial charge is 0.472 e. The first-order valence-electron chi connectivity index (χ1n) is 9.24. The lowest BCUT2D eigenvalue weighted by Crippen LogP contribution is -2.32. The molecule has 0 saturated carbocycles. The van der Waals surface area contributed by atoms with Crippen molar-refractivity contribution in [3.8, 4) is 18.0 Å². The Kier molecular flexibility index (Phi) is 6.99. The standard InChI is InChI=1S/C20H19ClF2N6O/c1-12-6-13(7-18(27-12)30-11-17(22)23)9-29-5-2-14-16(10-29)15(8-25)19(21)28-20(14)26-4-3-24/h6-7,17H,2,4-5,9-11H2,1H3,(H,26,28). The Morgan fingerprint density at radius 1 is 1.30 bits per heavy atom. The van der Waals surface area contributed by atoms with Crippen LogP contribution in [0.3, 0.4) is 0 Å². The lowest BCUT2D eigenvalue weighted by atomic mass is 9.96. The quantitative estimate of drug-likeness (QED) is 0.528. The lowest BCUT2D eigenvalue weighted by Gasteiger charge is -2.30. The van der Waals surface area contributed by atoms with Gasteiger partial charge in [0.15, 0.2) is 6.61 Å². The molecule has 0 radical (unpaired) electrons. The van der Waals surface area contributed by atoms with Gasteiger partial charge in [-0.15, -0.1) is 0 Å². The predicted octanol–water partition coefficient (Wildman–Crippen LogP) is 3.45. The van der Waals surface area contributed by atoms with Crippen molar-refractivity contribution in [1.29, 1.82) is 10.5 Å². The molecule has 1 N–H and O–H groups in total. The van der Waals surface area contributed by atoms with Crippen LogP contribution in [0, 0.1) is 29.6 Å². The molecule has 1 aliphatic rings. The van der Waals surface area contributed by atoms with Crippen molar-refractivity contribution in [2.24, 2.45) is 0 Å². The number of nitrogens with one attached hydrogen (secondary N) is 1. The third-order valence-electron chi connectivity index (χ3n) is 4.63. The minimum atomic E-state index is -2.57. The van der Waals surface area contributed by atoms with Gasteiger partial charge in [0.05, 0.1) is 11.6 Å². The fraction of sp³-hybridized carbons (Fsp3) is 0.400. The van der Waals surface area contributed by atoms with E-state index in [0.717, 1.165) is 16.7 Å². The molecule has 156 valence electrons. The molecular formula is C20H19ClF2N6O. The van der Waals surface area contributed by atoms with E-state index >= 15 is 0 Å². The second-order valence-electron chi connectivity index (χ2n) is 6.82. The number of alkyl halides is 2. The molecule has 3 rings (SSSR count). The van der Waals surface area contributed by atoms with E-state index in [1.54, 1.807) is 13.0 Å². The van der Waals surface area contributed by atoms with Crippen LogP contribution >= 0.6 is 11.6 Å². The van der Waals surface area contributed by atoms with Crippen LogP contribution in [-0.2, 0) is 19.5 Å². The van der Waals surface area contributed by atoms with E-state index in [1.807, 2.05) is 12.1 Å². The van der Waals surface area contributed by atoms with E-state index in [0.29, 0.717) is 43.1 Å². The van der Waals surface area contributed by atoms with Gasteiger partial charge in [0.1, 0.15) is 23.6 Å². The normalized spacial score (nSPS) is 13.4. The zero-order valence-corrected chi connectivity index (χ0v) is 17.0. The number of rotatable bonds is 7. The van der Waals surface area contributed by atoms with E-state index in [2.05, 4.69) is 26.3 Å². The monoisotopic (exact) mass is 432 g/mol. The first kappa shape index (κ1) is 21.7. The number of anilines is 1. The molecule has 0 spiro atoms. The Balaban J connectivity index is 1.82. The number of nitrogens with zero attached hydrogens (tertiary/aromatic N) is 5. The molecule has 7 nitrogen and oxygen atoms in total. The highest BCUT2D eigenvalue weighted by Gasteiger charge is 2.25. The maximum absolute atomic E-state index is 12.4. The molecule has 0 fully saturated rings. The maximum Gasteiger partial charge on any atom is 0.272 e. The lowest BCUT2D eigenvalue weighted by molar-refractivity contribution is 0.0794. The molecule has 0 amide bonds. The average molecular weight is 433 g/mol. The van der Waals surface area contributed by atoms with E-state index in [-0.39, 0.29) is 17.6 Å². The maximum atomic E-state index is 12.4. The van der Waals surface area contributed by atoms with E-state index in [1.165, 1.54) is 0 Å². The van der Waals surface area contributed by atoms with Gasteiger partial charge in [0, 0.05) is 37.0 Å². The summed E-state index contributed by atoms with van der Waals surface area (Å²) in [5.41, 5.74) is 3.53. The van der Waals surface area contributed by atoms with E-state index < -0.39 is 13.0 Å². The first-order chi connectivity index (χ1) is 14.4. The van der Waals surface area contributed by atoms with Crippen molar-refractivity contribution in [2.45, 2.75) is 32.9 Å². The Morgan fingerprint density at radius 2 is 2.10 bits per heavy atom. The molecule has 0 unspecified atom stereocenters. The number of fused-ring (bicyclic) bond motifs is 1. The van der Waals surface area contributed by atoms with Gasteiger partial charge in [-0.2, -0.15) is 10.5 Å². The summed E-state index contributed by atoms with van der Waals surface area (Å²) in [5.74, 6) is 0.688. The number of pyridine rings is 2. The molecule has 2 aromatic rings. The zero-order chi connectivity index (χ0) is 21.7. The summed E-state index contributed by atoms with van der Waals surface area (Å²) in [6.07, 6.45) is -1.94. The molecule has 10 heteroatoms. The molecule has 0 aromatic carbocycles. The number of aryl methyl sites for hydroxylation is 1. The fourth-order valence-corrected chi connectivity index (χ4v) is 3.69. The summed E-state index contributed by atoms with van der Waals surface area (Å²) < 4.78 is 29.9. The highest BCUT2D eigenvalue weighted by Crippen LogP contribution is 2.32. The van der Waals surface area contributed by atoms with Crippen LogP contribution in [0.25, 0.3) is 0 Å². The minimum Gasteiger partial charge on any atom is -0.472 e. The van der Waals surface area contributed by atoms with Crippen LogP contribution in [-0.4, -0.2) is 41.0 Å². The summed E-state index contributed by atoms with van der Waals surface area (Å²) >= 11 is 6.19. The van der Waals surface area contributed by atoms with Gasteiger partial charge in [0.2, 0.25) is 5.88 Å². The smallest absolute Gasteiger partial charge is 0.272 e. The molecule has 3 heterocycles. The predicted molar refractivity (Wildman–Crippen MR) is 106 cm³/mol. The third-order valence-corrected chi connectivity index (χ3v) is 4.90. The zero-order valence-electron chi connectivity index (χ0n) is 16.3. The minimum absolute atomic E-state index is 0.0864. The number of aromatic nitrogens is 2. The number of hydrogen-bond acceptors (Lipinski definition) is 7. The number of halogens is 3. The molecule has 1 aliphatic heterocycles. The van der Waals surface area contributed by atoms with Crippen LogP contribution in [0.4, 0.5) is 14.6 Å². The Labute approximate surface area is 177 Å². The van der Waals surface area contributed by atoms with Gasteiger partial charge in [0.25, 0.3) is 6.43 Å². The van der Waals surface area contributed by atoms with Crippen LogP contribution in [0.15, 0.2) is 12.1 Å². The fourth-order valence-electron chi connectivity index (χ4n) is 3.45. The van der Waals surface area contributed by atoms with Gasteiger partial charge in [-0.05, 0) is 30.5 Å². The van der Waals surface area contributed by atoms with Crippen LogP contribution in [0.5, 0.6) is 5.88 Å². The Morgan fingerprint density at radius 3 is 2.80 bits per heavy atom. The van der Waals surface area contributed by atoms with E-state index in [9.17, 15) is 14.0 Å². The van der Waals surface area contributed by atoms with Crippen molar-refractivity contribution < 1.29 is 13.5 Å². The topological polar surface area (TPSA) is 97.9 Å². The average Bonchev–Trinajstić information content (AvgIpc) is 2.70. The van der Waals surface area contributed by atoms with Crippen LogP contribution < -0.4 is 10.1 Å². The number of nitriles is 2. The molecular weight excluding hydrogens is 414 g/mol. The third kappa shape index (κ3) is 5.12. The summed E-state index contributed by atoms with van der Waals surface area (Å²) in [4.78, 5) is 10.5. The summed E-state index contributed by atoms with van der Waals surface area (Å²) in [5, 5.41) is 21.4. The van der Waals surface area contributed by atoms with Crippen molar-refractivity contribution >= 4 is 17.4 Å². The van der Waals surface area contributed by atoms with Gasteiger partial charge in [-0.1, -0.05) is 11.6 Å². The molecule has 0 saturated heterocycles. The van der Waals surface area contributed by atoms with E-state index in [4.69, 9.17) is 21.6 Å². The SMILES string of the molecule is Cc1cc(CN2CCc3c(NCC#N)nc(Cl)c(C#N)c3C2)cc(OCC(F)F)n1. The summed E-state index contributed by atoms with van der Waals surface area (Å²) in [6.45, 7) is 2.84.